The SMILES string of the molecule is CCC(NC(=O)c1cc(C)nc2ccc(Br)cc12)C(=O)O. The summed E-state index contributed by atoms with van der Waals surface area (Å²) in [4.78, 5) is 27.8. The van der Waals surface area contributed by atoms with Gasteiger partial charge in [-0.3, -0.25) is 9.78 Å². The number of aryl methyl sites for hydroxylation is 1. The van der Waals surface area contributed by atoms with Crippen LogP contribution in [0.5, 0.6) is 0 Å². The first-order chi connectivity index (χ1) is 9.92. The van der Waals surface area contributed by atoms with Crippen LogP contribution in [0.3, 0.4) is 0 Å². The van der Waals surface area contributed by atoms with Crippen LogP contribution in [0.4, 0.5) is 0 Å². The maximum Gasteiger partial charge on any atom is 0.326 e. The zero-order valence-electron chi connectivity index (χ0n) is 11.7. The number of nitrogens with one attached hydrogen (secondary N) is 1. The number of amides is 1. The van der Waals surface area contributed by atoms with Gasteiger partial charge in [-0.1, -0.05) is 22.9 Å². The van der Waals surface area contributed by atoms with Crippen molar-refractivity contribution in [3.63, 3.8) is 0 Å². The lowest BCUT2D eigenvalue weighted by Crippen LogP contribution is -2.40. The minimum Gasteiger partial charge on any atom is -0.480 e. The molecule has 21 heavy (non-hydrogen) atoms. The maximum absolute atomic E-state index is 12.4. The van der Waals surface area contributed by atoms with Crippen molar-refractivity contribution in [2.24, 2.45) is 0 Å². The number of aromatic nitrogens is 1. The minimum atomic E-state index is -1.04. The summed E-state index contributed by atoms with van der Waals surface area (Å²) in [5.74, 6) is -1.44. The Hall–Kier alpha value is -1.95. The number of carbonyl (C=O) groups excluding carboxylic acids is 1. The molecule has 110 valence electrons. The highest BCUT2D eigenvalue weighted by molar-refractivity contribution is 9.10. The van der Waals surface area contributed by atoms with E-state index in [1.165, 1.54) is 0 Å². The Bertz CT molecular complexity index is 715. The number of nitrogens with zero attached hydrogens (tertiary/aromatic N) is 1. The highest BCUT2D eigenvalue weighted by atomic mass is 79.9. The molecule has 0 aliphatic heterocycles. The van der Waals surface area contributed by atoms with E-state index in [1.807, 2.05) is 12.1 Å². The van der Waals surface area contributed by atoms with Crippen LogP contribution in [-0.4, -0.2) is 28.0 Å². The van der Waals surface area contributed by atoms with Crippen molar-refractivity contribution in [2.45, 2.75) is 26.3 Å². The van der Waals surface area contributed by atoms with Crippen LogP contribution < -0.4 is 5.32 Å². The van der Waals surface area contributed by atoms with E-state index in [1.54, 1.807) is 26.0 Å². The monoisotopic (exact) mass is 350 g/mol. The van der Waals surface area contributed by atoms with Gasteiger partial charge in [-0.15, -0.1) is 0 Å². The lowest BCUT2D eigenvalue weighted by atomic mass is 10.1. The number of halogens is 1. The first-order valence-corrected chi connectivity index (χ1v) is 7.32. The van der Waals surface area contributed by atoms with Gasteiger partial charge in [0.05, 0.1) is 11.1 Å². The molecule has 1 amide bonds. The summed E-state index contributed by atoms with van der Waals surface area (Å²) in [6.45, 7) is 3.51. The van der Waals surface area contributed by atoms with Crippen LogP contribution >= 0.6 is 15.9 Å². The molecule has 2 N–H and O–H groups in total. The van der Waals surface area contributed by atoms with Crippen LogP contribution in [-0.2, 0) is 4.79 Å². The van der Waals surface area contributed by atoms with E-state index in [0.717, 1.165) is 4.47 Å². The van der Waals surface area contributed by atoms with Crippen LogP contribution in [0.2, 0.25) is 0 Å². The van der Waals surface area contributed by atoms with Crippen molar-refractivity contribution in [1.29, 1.82) is 0 Å². The largest absolute Gasteiger partial charge is 0.480 e. The number of hydrogen-bond acceptors (Lipinski definition) is 3. The van der Waals surface area contributed by atoms with Crippen molar-refractivity contribution in [3.05, 3.63) is 40.0 Å². The van der Waals surface area contributed by atoms with Crippen LogP contribution in [0.25, 0.3) is 10.9 Å². The topological polar surface area (TPSA) is 79.3 Å². The zero-order chi connectivity index (χ0) is 15.6. The van der Waals surface area contributed by atoms with E-state index < -0.39 is 17.9 Å². The van der Waals surface area contributed by atoms with Crippen LogP contribution in [0.15, 0.2) is 28.7 Å². The smallest absolute Gasteiger partial charge is 0.326 e. The van der Waals surface area contributed by atoms with Gasteiger partial charge >= 0.3 is 5.97 Å². The van der Waals surface area contributed by atoms with E-state index >= 15 is 0 Å². The molecule has 2 rings (SSSR count). The summed E-state index contributed by atoms with van der Waals surface area (Å²) >= 11 is 3.37. The van der Waals surface area contributed by atoms with Crippen LogP contribution in [0, 0.1) is 6.92 Å². The van der Waals surface area contributed by atoms with Crippen LogP contribution in [0.1, 0.15) is 29.4 Å². The van der Waals surface area contributed by atoms with E-state index in [2.05, 4.69) is 26.2 Å². The number of carboxylic acid groups (broad SMARTS) is 1. The molecule has 2 aromatic rings. The predicted molar refractivity (Wildman–Crippen MR) is 83.4 cm³/mol. The molecule has 0 aliphatic carbocycles. The summed E-state index contributed by atoms with van der Waals surface area (Å²) < 4.78 is 0.833. The molecule has 1 heterocycles. The van der Waals surface area contributed by atoms with Crippen molar-refractivity contribution in [3.8, 4) is 0 Å². The molecule has 0 saturated carbocycles. The van der Waals surface area contributed by atoms with Gasteiger partial charge in [0.25, 0.3) is 5.91 Å². The van der Waals surface area contributed by atoms with E-state index in [9.17, 15) is 9.59 Å². The number of fused-ring (bicyclic) bond motifs is 1. The minimum absolute atomic E-state index is 0.326. The summed E-state index contributed by atoms with van der Waals surface area (Å²) in [5, 5.41) is 12.3. The molecule has 1 aromatic heterocycles. The van der Waals surface area contributed by atoms with Gasteiger partial charge in [0.1, 0.15) is 6.04 Å². The summed E-state index contributed by atoms with van der Waals surface area (Å²) in [7, 11) is 0. The third-order valence-electron chi connectivity index (χ3n) is 3.16. The molecule has 1 atom stereocenters. The van der Waals surface area contributed by atoms with Gasteiger partial charge in [0.2, 0.25) is 0 Å². The number of aliphatic carboxylic acids is 1. The van der Waals surface area contributed by atoms with Gasteiger partial charge in [-0.05, 0) is 37.6 Å². The molecule has 0 radical (unpaired) electrons. The van der Waals surface area contributed by atoms with E-state index in [-0.39, 0.29) is 0 Å². The molecule has 5 nitrogen and oxygen atoms in total. The maximum atomic E-state index is 12.4. The van der Waals surface area contributed by atoms with Gasteiger partial charge in [-0.25, -0.2) is 4.79 Å². The number of pyridine rings is 1. The lowest BCUT2D eigenvalue weighted by Gasteiger charge is -2.14. The van der Waals surface area contributed by atoms with Gasteiger partial charge in [0.15, 0.2) is 0 Å². The molecule has 0 fully saturated rings. The Labute approximate surface area is 130 Å². The number of carbonyl (C=O) groups is 2. The second-order valence-corrected chi connectivity index (χ2v) is 5.66. The Balaban J connectivity index is 2.47. The Morgan fingerprint density at radius 3 is 2.71 bits per heavy atom. The van der Waals surface area contributed by atoms with Gasteiger partial charge in [-0.2, -0.15) is 0 Å². The number of hydrogen-bond donors (Lipinski definition) is 2. The first-order valence-electron chi connectivity index (χ1n) is 6.53. The van der Waals surface area contributed by atoms with E-state index in [0.29, 0.717) is 28.6 Å². The molecule has 1 aromatic carbocycles. The highest BCUT2D eigenvalue weighted by Gasteiger charge is 2.20. The molecule has 1 unspecified atom stereocenters. The molecular formula is C15H15BrN2O3. The second kappa shape index (κ2) is 6.22. The number of rotatable bonds is 4. The number of benzene rings is 1. The fourth-order valence-electron chi connectivity index (χ4n) is 2.09. The quantitative estimate of drug-likeness (QED) is 0.888. The Kier molecular flexibility index (Phi) is 4.57. The lowest BCUT2D eigenvalue weighted by molar-refractivity contribution is -0.139. The molecular weight excluding hydrogens is 336 g/mol. The summed E-state index contributed by atoms with van der Waals surface area (Å²) in [6, 6.07) is 6.24. The van der Waals surface area contributed by atoms with Crippen molar-refractivity contribution in [2.75, 3.05) is 0 Å². The Morgan fingerprint density at radius 2 is 2.10 bits per heavy atom. The first kappa shape index (κ1) is 15.4. The Morgan fingerprint density at radius 1 is 1.38 bits per heavy atom. The summed E-state index contributed by atoms with van der Waals surface area (Å²) in [5.41, 5.74) is 1.84. The predicted octanol–water partition coefficient (Wildman–Crippen LogP) is 2.90. The molecule has 0 bridgehead atoms. The second-order valence-electron chi connectivity index (χ2n) is 4.75. The summed E-state index contributed by atoms with van der Waals surface area (Å²) in [6.07, 6.45) is 0.326. The van der Waals surface area contributed by atoms with Gasteiger partial charge < -0.3 is 10.4 Å². The molecule has 0 aliphatic rings. The average molecular weight is 351 g/mol. The van der Waals surface area contributed by atoms with Crippen molar-refractivity contribution in [1.82, 2.24) is 10.3 Å². The van der Waals surface area contributed by atoms with E-state index in [4.69, 9.17) is 5.11 Å². The standard InChI is InChI=1S/C15H15BrN2O3/c1-3-12(15(20)21)18-14(19)11-6-8(2)17-13-5-4-9(16)7-10(11)13/h4-7,12H,3H2,1-2H3,(H,18,19)(H,20,21). The fraction of sp³-hybridized carbons (Fsp3) is 0.267. The fourth-order valence-corrected chi connectivity index (χ4v) is 2.45. The number of carboxylic acids is 1. The molecule has 6 heteroatoms. The third-order valence-corrected chi connectivity index (χ3v) is 3.65. The normalized spacial score (nSPS) is 12.1. The van der Waals surface area contributed by atoms with Gasteiger partial charge in [0, 0.05) is 15.6 Å². The zero-order valence-corrected chi connectivity index (χ0v) is 13.3. The third kappa shape index (κ3) is 3.39. The molecule has 0 saturated heterocycles. The van der Waals surface area contributed by atoms with Crippen molar-refractivity contribution < 1.29 is 14.7 Å². The average Bonchev–Trinajstić information content (AvgIpc) is 2.43. The molecule has 0 spiro atoms. The van der Waals surface area contributed by atoms with Crippen molar-refractivity contribution >= 4 is 38.7 Å². The highest BCUT2D eigenvalue weighted by Crippen LogP contribution is 2.23.